The van der Waals surface area contributed by atoms with Crippen molar-refractivity contribution in [1.82, 2.24) is 15.5 Å². The van der Waals surface area contributed by atoms with Gasteiger partial charge in [0.15, 0.2) is 5.96 Å². The fraction of sp³-hybridized carbons (Fsp3) is 0.650. The number of nitrogens with zero attached hydrogens (tertiary/aromatic N) is 2. The van der Waals surface area contributed by atoms with Crippen LogP contribution in [0.25, 0.3) is 0 Å². The lowest BCUT2D eigenvalue weighted by molar-refractivity contribution is 0.206. The highest BCUT2D eigenvalue weighted by Crippen LogP contribution is 2.12. The summed E-state index contributed by atoms with van der Waals surface area (Å²) in [6, 6.07) is 6.66. The second kappa shape index (κ2) is 11.7. The van der Waals surface area contributed by atoms with E-state index < -0.39 is 0 Å². The number of nitrogens with one attached hydrogen (secondary N) is 2. The van der Waals surface area contributed by atoms with E-state index in [1.807, 2.05) is 7.05 Å². The minimum absolute atomic E-state index is 0.239. The van der Waals surface area contributed by atoms with E-state index in [9.17, 15) is 4.39 Å². The van der Waals surface area contributed by atoms with Crippen LogP contribution in [-0.4, -0.2) is 56.7 Å². The number of rotatable bonds is 9. The Kier molecular flexibility index (Phi) is 9.24. The van der Waals surface area contributed by atoms with Crippen LogP contribution in [0, 0.1) is 5.82 Å². The number of piperidine rings is 1. The molecule has 0 radical (unpaired) electrons. The summed E-state index contributed by atoms with van der Waals surface area (Å²) in [5, 5.41) is 6.92. The number of likely N-dealkylation sites (tertiary alicyclic amines) is 1. The maximum absolute atomic E-state index is 12.8. The number of halogens is 1. The molecule has 0 saturated carbocycles. The Bertz CT molecular complexity index is 527. The van der Waals surface area contributed by atoms with Crippen molar-refractivity contribution in [2.45, 2.75) is 45.1 Å². The van der Waals surface area contributed by atoms with E-state index in [0.29, 0.717) is 18.4 Å². The molecule has 0 unspecified atom stereocenters. The van der Waals surface area contributed by atoms with Crippen molar-refractivity contribution >= 4 is 5.96 Å². The van der Waals surface area contributed by atoms with E-state index in [0.717, 1.165) is 25.3 Å². The van der Waals surface area contributed by atoms with Gasteiger partial charge in [-0.1, -0.05) is 6.92 Å². The third kappa shape index (κ3) is 7.60. The summed E-state index contributed by atoms with van der Waals surface area (Å²) in [5.41, 5.74) is 0. The van der Waals surface area contributed by atoms with E-state index in [-0.39, 0.29) is 5.82 Å². The number of hydrogen-bond donors (Lipinski definition) is 2. The normalized spacial score (nSPS) is 16.5. The van der Waals surface area contributed by atoms with Gasteiger partial charge in [0.25, 0.3) is 0 Å². The molecule has 0 amide bonds. The minimum atomic E-state index is -0.239. The second-order valence-electron chi connectivity index (χ2n) is 6.77. The van der Waals surface area contributed by atoms with Crippen LogP contribution in [-0.2, 0) is 0 Å². The molecule has 2 rings (SSSR count). The predicted octanol–water partition coefficient (Wildman–Crippen LogP) is 3.02. The number of aliphatic imine (C=N–C) groups is 1. The van der Waals surface area contributed by atoms with Crippen LogP contribution in [0.15, 0.2) is 29.3 Å². The molecule has 6 heteroatoms. The third-order valence-corrected chi connectivity index (χ3v) is 4.64. The third-order valence-electron chi connectivity index (χ3n) is 4.64. The van der Waals surface area contributed by atoms with Crippen molar-refractivity contribution in [3.8, 4) is 5.75 Å². The highest BCUT2D eigenvalue weighted by Gasteiger charge is 2.19. The quantitative estimate of drug-likeness (QED) is 0.402. The topological polar surface area (TPSA) is 48.9 Å². The fourth-order valence-corrected chi connectivity index (χ4v) is 3.16. The molecular weight excluding hydrogens is 331 g/mol. The lowest BCUT2D eigenvalue weighted by atomic mass is 10.1. The predicted molar refractivity (Wildman–Crippen MR) is 105 cm³/mol. The SMILES string of the molecule is CCCN1CCC(NC(=NC)NCCCCOc2ccc(F)cc2)CC1. The van der Waals surface area contributed by atoms with Gasteiger partial charge in [0, 0.05) is 32.7 Å². The molecule has 2 N–H and O–H groups in total. The van der Waals surface area contributed by atoms with Crippen LogP contribution >= 0.6 is 0 Å². The number of ether oxygens (including phenoxy) is 1. The fourth-order valence-electron chi connectivity index (χ4n) is 3.16. The molecule has 146 valence electrons. The van der Waals surface area contributed by atoms with Gasteiger partial charge >= 0.3 is 0 Å². The first-order chi connectivity index (χ1) is 12.7. The second-order valence-corrected chi connectivity index (χ2v) is 6.77. The van der Waals surface area contributed by atoms with Gasteiger partial charge < -0.3 is 20.3 Å². The van der Waals surface area contributed by atoms with Crippen molar-refractivity contribution in [3.05, 3.63) is 30.1 Å². The summed E-state index contributed by atoms with van der Waals surface area (Å²) in [6.45, 7) is 7.28. The van der Waals surface area contributed by atoms with Gasteiger partial charge in [-0.05, 0) is 62.9 Å². The molecule has 1 aromatic carbocycles. The lowest BCUT2D eigenvalue weighted by Crippen LogP contribution is -2.48. The van der Waals surface area contributed by atoms with Gasteiger partial charge in [0.05, 0.1) is 6.61 Å². The number of benzene rings is 1. The van der Waals surface area contributed by atoms with Crippen LogP contribution in [0.4, 0.5) is 4.39 Å². The summed E-state index contributed by atoms with van der Waals surface area (Å²) in [7, 11) is 1.82. The Hall–Kier alpha value is -1.82. The first kappa shape index (κ1) is 20.5. The van der Waals surface area contributed by atoms with E-state index in [2.05, 4.69) is 27.4 Å². The Balaban J connectivity index is 1.54. The van der Waals surface area contributed by atoms with E-state index in [1.54, 1.807) is 12.1 Å². The maximum atomic E-state index is 12.8. The summed E-state index contributed by atoms with van der Waals surface area (Å²) >= 11 is 0. The highest BCUT2D eigenvalue weighted by atomic mass is 19.1. The average molecular weight is 365 g/mol. The Morgan fingerprint density at radius 2 is 1.96 bits per heavy atom. The lowest BCUT2D eigenvalue weighted by Gasteiger charge is -2.32. The van der Waals surface area contributed by atoms with Crippen LogP contribution in [0.1, 0.15) is 39.0 Å². The van der Waals surface area contributed by atoms with Crippen molar-refractivity contribution in [3.63, 3.8) is 0 Å². The van der Waals surface area contributed by atoms with E-state index in [1.165, 1.54) is 51.0 Å². The molecule has 1 aromatic rings. The number of hydrogen-bond acceptors (Lipinski definition) is 3. The van der Waals surface area contributed by atoms with Crippen LogP contribution in [0.3, 0.4) is 0 Å². The van der Waals surface area contributed by atoms with E-state index in [4.69, 9.17) is 4.74 Å². The molecule has 1 aliphatic rings. The molecule has 0 spiro atoms. The van der Waals surface area contributed by atoms with Gasteiger partial charge in [-0.25, -0.2) is 4.39 Å². The molecule has 1 heterocycles. The summed E-state index contributed by atoms with van der Waals surface area (Å²) < 4.78 is 18.4. The zero-order valence-electron chi connectivity index (χ0n) is 16.1. The first-order valence-corrected chi connectivity index (χ1v) is 9.79. The largest absolute Gasteiger partial charge is 0.494 e. The van der Waals surface area contributed by atoms with Gasteiger partial charge in [-0.2, -0.15) is 0 Å². The number of guanidine groups is 1. The zero-order chi connectivity index (χ0) is 18.6. The molecule has 0 aromatic heterocycles. The molecule has 0 bridgehead atoms. The van der Waals surface area contributed by atoms with E-state index >= 15 is 0 Å². The molecule has 1 saturated heterocycles. The highest BCUT2D eigenvalue weighted by molar-refractivity contribution is 5.79. The van der Waals surface area contributed by atoms with Crippen LogP contribution < -0.4 is 15.4 Å². The Morgan fingerprint density at radius 3 is 2.62 bits per heavy atom. The van der Waals surface area contributed by atoms with Crippen molar-refractivity contribution in [2.75, 3.05) is 39.8 Å². The zero-order valence-corrected chi connectivity index (χ0v) is 16.1. The van der Waals surface area contributed by atoms with Gasteiger partial charge in [-0.3, -0.25) is 4.99 Å². The molecule has 0 atom stereocenters. The van der Waals surface area contributed by atoms with Crippen molar-refractivity contribution < 1.29 is 9.13 Å². The maximum Gasteiger partial charge on any atom is 0.191 e. The number of unbranched alkanes of at least 4 members (excludes halogenated alkanes) is 1. The van der Waals surface area contributed by atoms with Gasteiger partial charge in [-0.15, -0.1) is 0 Å². The van der Waals surface area contributed by atoms with Crippen LogP contribution in [0.2, 0.25) is 0 Å². The molecule has 5 nitrogen and oxygen atoms in total. The molecular formula is C20H33FN4O. The molecule has 1 fully saturated rings. The van der Waals surface area contributed by atoms with Crippen LogP contribution in [0.5, 0.6) is 5.75 Å². The monoisotopic (exact) mass is 364 g/mol. The van der Waals surface area contributed by atoms with Crippen molar-refractivity contribution in [1.29, 1.82) is 0 Å². The molecule has 0 aliphatic carbocycles. The first-order valence-electron chi connectivity index (χ1n) is 9.79. The summed E-state index contributed by atoms with van der Waals surface area (Å²) in [6.07, 6.45) is 5.51. The van der Waals surface area contributed by atoms with Gasteiger partial charge in [0.2, 0.25) is 0 Å². The molecule has 26 heavy (non-hydrogen) atoms. The summed E-state index contributed by atoms with van der Waals surface area (Å²) in [4.78, 5) is 6.86. The van der Waals surface area contributed by atoms with Gasteiger partial charge in [0.1, 0.15) is 11.6 Å². The average Bonchev–Trinajstić information content (AvgIpc) is 2.66. The van der Waals surface area contributed by atoms with Crippen molar-refractivity contribution in [2.24, 2.45) is 4.99 Å². The minimum Gasteiger partial charge on any atom is -0.494 e. The standard InChI is InChI=1S/C20H33FN4O/c1-3-13-25-14-10-18(11-15-25)24-20(22-2)23-12-4-5-16-26-19-8-6-17(21)7-9-19/h6-9,18H,3-5,10-16H2,1-2H3,(H2,22,23,24). The Labute approximate surface area is 157 Å². The smallest absolute Gasteiger partial charge is 0.191 e. The molecule has 1 aliphatic heterocycles. The summed E-state index contributed by atoms with van der Waals surface area (Å²) in [5.74, 6) is 1.36. The Morgan fingerprint density at radius 1 is 1.23 bits per heavy atom.